The average molecular weight is 381 g/mol. The lowest BCUT2D eigenvalue weighted by Crippen LogP contribution is -2.42. The molecule has 0 saturated heterocycles. The summed E-state index contributed by atoms with van der Waals surface area (Å²) in [6.45, 7) is 7.22. The van der Waals surface area contributed by atoms with Crippen LogP contribution in [-0.2, 0) is 10.2 Å². The summed E-state index contributed by atoms with van der Waals surface area (Å²) in [5.41, 5.74) is 1.80. The maximum absolute atomic E-state index is 13.4. The zero-order chi connectivity index (χ0) is 20.0. The number of carbonyl (C=O) groups is 1. The average Bonchev–Trinajstić information content (AvgIpc) is 3.55. The van der Waals surface area contributed by atoms with Crippen LogP contribution in [0.25, 0.3) is 0 Å². The Labute approximate surface area is 168 Å². The van der Waals surface area contributed by atoms with Crippen LogP contribution < -0.4 is 10.1 Å². The number of benzene rings is 2. The van der Waals surface area contributed by atoms with Gasteiger partial charge in [0.2, 0.25) is 5.91 Å². The topological polar surface area (TPSA) is 41.6 Å². The Balaban J connectivity index is 1.80. The van der Waals surface area contributed by atoms with E-state index in [4.69, 9.17) is 4.74 Å². The molecule has 150 valence electrons. The van der Waals surface area contributed by atoms with Gasteiger partial charge in [-0.2, -0.15) is 0 Å². The first-order valence-electron chi connectivity index (χ1n) is 10.4. The van der Waals surface area contributed by atoms with E-state index >= 15 is 0 Å². The van der Waals surface area contributed by atoms with Crippen molar-refractivity contribution in [2.45, 2.75) is 44.6 Å². The molecule has 0 heterocycles. The Morgan fingerprint density at radius 1 is 1.14 bits per heavy atom. The SMILES string of the molecule is CCCN(CC)CC(NC(=O)C1(c2cccc(OC)c2)CC1)c1ccccc1. The normalized spacial score (nSPS) is 15.9. The first kappa shape index (κ1) is 20.4. The molecule has 1 atom stereocenters. The molecule has 0 aromatic heterocycles. The first-order chi connectivity index (χ1) is 13.6. The number of methoxy groups -OCH3 is 1. The fourth-order valence-corrected chi connectivity index (χ4v) is 3.86. The predicted molar refractivity (Wildman–Crippen MR) is 114 cm³/mol. The minimum absolute atomic E-state index is 0.0108. The molecule has 4 heteroatoms. The summed E-state index contributed by atoms with van der Waals surface area (Å²) >= 11 is 0. The van der Waals surface area contributed by atoms with Gasteiger partial charge in [-0.15, -0.1) is 0 Å². The van der Waals surface area contributed by atoms with Crippen LogP contribution in [0.1, 0.15) is 50.3 Å². The molecular weight excluding hydrogens is 348 g/mol. The van der Waals surface area contributed by atoms with E-state index in [1.54, 1.807) is 7.11 Å². The molecule has 1 aliphatic carbocycles. The molecule has 2 aromatic carbocycles. The third-order valence-electron chi connectivity index (χ3n) is 5.74. The summed E-state index contributed by atoms with van der Waals surface area (Å²) in [7, 11) is 1.66. The van der Waals surface area contributed by atoms with Crippen LogP contribution in [0.3, 0.4) is 0 Å². The van der Waals surface area contributed by atoms with Gasteiger partial charge in [0, 0.05) is 6.54 Å². The molecule has 1 fully saturated rings. The van der Waals surface area contributed by atoms with Crippen LogP contribution >= 0.6 is 0 Å². The van der Waals surface area contributed by atoms with Gasteiger partial charge in [-0.25, -0.2) is 0 Å². The highest BCUT2D eigenvalue weighted by atomic mass is 16.5. The predicted octanol–water partition coefficient (Wildman–Crippen LogP) is 4.32. The summed E-state index contributed by atoms with van der Waals surface area (Å²) < 4.78 is 5.36. The zero-order valence-corrected chi connectivity index (χ0v) is 17.3. The van der Waals surface area contributed by atoms with Crippen LogP contribution in [0.15, 0.2) is 54.6 Å². The second-order valence-electron chi connectivity index (χ2n) is 7.64. The van der Waals surface area contributed by atoms with Crippen LogP contribution in [0.2, 0.25) is 0 Å². The van der Waals surface area contributed by atoms with Gasteiger partial charge in [0.15, 0.2) is 0 Å². The third kappa shape index (κ3) is 4.56. The van der Waals surface area contributed by atoms with Crippen molar-refractivity contribution in [3.8, 4) is 5.75 Å². The van der Waals surface area contributed by atoms with Crippen molar-refractivity contribution in [3.63, 3.8) is 0 Å². The molecule has 28 heavy (non-hydrogen) atoms. The molecule has 1 N–H and O–H groups in total. The number of carbonyl (C=O) groups excluding carboxylic acids is 1. The number of nitrogens with zero attached hydrogens (tertiary/aromatic N) is 1. The zero-order valence-electron chi connectivity index (χ0n) is 17.3. The number of amides is 1. The Hall–Kier alpha value is -2.33. The first-order valence-corrected chi connectivity index (χ1v) is 10.4. The Kier molecular flexibility index (Phi) is 6.74. The Bertz CT molecular complexity index is 771. The Morgan fingerprint density at radius 2 is 1.89 bits per heavy atom. The molecule has 1 amide bonds. The second-order valence-corrected chi connectivity index (χ2v) is 7.64. The summed E-state index contributed by atoms with van der Waals surface area (Å²) in [5.74, 6) is 0.929. The monoisotopic (exact) mass is 380 g/mol. The fraction of sp³-hybridized carbons (Fsp3) is 0.458. The van der Waals surface area contributed by atoms with Gasteiger partial charge in [-0.1, -0.05) is 56.3 Å². The molecule has 0 bridgehead atoms. The van der Waals surface area contributed by atoms with E-state index in [-0.39, 0.29) is 11.9 Å². The van der Waals surface area contributed by atoms with Gasteiger partial charge in [-0.05, 0) is 55.6 Å². The highest BCUT2D eigenvalue weighted by molar-refractivity contribution is 5.91. The number of hydrogen-bond donors (Lipinski definition) is 1. The van der Waals surface area contributed by atoms with Crippen LogP contribution in [0.4, 0.5) is 0 Å². The highest BCUT2D eigenvalue weighted by Crippen LogP contribution is 2.49. The fourth-order valence-electron chi connectivity index (χ4n) is 3.86. The molecule has 0 spiro atoms. The van der Waals surface area contributed by atoms with Crippen molar-refractivity contribution in [2.75, 3.05) is 26.7 Å². The number of hydrogen-bond acceptors (Lipinski definition) is 3. The minimum Gasteiger partial charge on any atom is -0.497 e. The maximum Gasteiger partial charge on any atom is 0.231 e. The highest BCUT2D eigenvalue weighted by Gasteiger charge is 2.51. The third-order valence-corrected chi connectivity index (χ3v) is 5.74. The number of likely N-dealkylation sites (N-methyl/N-ethyl adjacent to an activating group) is 1. The van der Waals surface area contributed by atoms with Crippen molar-refractivity contribution in [2.24, 2.45) is 0 Å². The Morgan fingerprint density at radius 3 is 2.50 bits per heavy atom. The lowest BCUT2D eigenvalue weighted by Gasteiger charge is -2.29. The maximum atomic E-state index is 13.4. The smallest absolute Gasteiger partial charge is 0.231 e. The summed E-state index contributed by atoms with van der Waals surface area (Å²) in [6.07, 6.45) is 2.89. The van der Waals surface area contributed by atoms with Crippen molar-refractivity contribution in [1.29, 1.82) is 0 Å². The van der Waals surface area contributed by atoms with Gasteiger partial charge < -0.3 is 15.0 Å². The summed E-state index contributed by atoms with van der Waals surface area (Å²) in [6, 6.07) is 18.2. The van der Waals surface area contributed by atoms with Gasteiger partial charge in [0.1, 0.15) is 5.75 Å². The summed E-state index contributed by atoms with van der Waals surface area (Å²) in [4.78, 5) is 15.8. The van der Waals surface area contributed by atoms with Crippen LogP contribution in [0.5, 0.6) is 5.75 Å². The van der Waals surface area contributed by atoms with Crippen molar-refractivity contribution in [3.05, 3.63) is 65.7 Å². The van der Waals surface area contributed by atoms with E-state index in [0.29, 0.717) is 0 Å². The minimum atomic E-state index is -0.413. The second kappa shape index (κ2) is 9.24. The van der Waals surface area contributed by atoms with Crippen molar-refractivity contribution in [1.82, 2.24) is 10.2 Å². The molecule has 3 rings (SSSR count). The lowest BCUT2D eigenvalue weighted by atomic mass is 9.93. The molecule has 0 aliphatic heterocycles. The molecular formula is C24H32N2O2. The van der Waals surface area contributed by atoms with E-state index in [9.17, 15) is 4.79 Å². The van der Waals surface area contributed by atoms with Gasteiger partial charge in [-0.3, -0.25) is 4.79 Å². The van der Waals surface area contributed by atoms with E-state index in [1.807, 2.05) is 42.5 Å². The standard InChI is InChI=1S/C24H32N2O2/c1-4-16-26(5-2)18-22(19-10-7-6-8-11-19)25-23(27)24(14-15-24)20-12-9-13-21(17-20)28-3/h6-13,17,22H,4-5,14-16,18H2,1-3H3,(H,25,27). The van der Waals surface area contributed by atoms with E-state index in [2.05, 4.69) is 36.2 Å². The van der Waals surface area contributed by atoms with Gasteiger partial charge in [0.25, 0.3) is 0 Å². The molecule has 1 aliphatic rings. The number of nitrogens with one attached hydrogen (secondary N) is 1. The van der Waals surface area contributed by atoms with Gasteiger partial charge >= 0.3 is 0 Å². The van der Waals surface area contributed by atoms with Crippen LogP contribution in [-0.4, -0.2) is 37.6 Å². The molecule has 1 saturated carbocycles. The van der Waals surface area contributed by atoms with E-state index in [1.165, 1.54) is 0 Å². The molecule has 4 nitrogen and oxygen atoms in total. The lowest BCUT2D eigenvalue weighted by molar-refractivity contribution is -0.124. The van der Waals surface area contributed by atoms with E-state index in [0.717, 1.165) is 55.8 Å². The van der Waals surface area contributed by atoms with Crippen molar-refractivity contribution >= 4 is 5.91 Å². The van der Waals surface area contributed by atoms with Gasteiger partial charge in [0.05, 0.1) is 18.6 Å². The van der Waals surface area contributed by atoms with Crippen molar-refractivity contribution < 1.29 is 9.53 Å². The molecule has 0 radical (unpaired) electrons. The quantitative estimate of drug-likeness (QED) is 0.668. The number of ether oxygens (including phenoxy) is 1. The molecule has 2 aromatic rings. The van der Waals surface area contributed by atoms with E-state index < -0.39 is 5.41 Å². The molecule has 1 unspecified atom stereocenters. The largest absolute Gasteiger partial charge is 0.497 e. The number of rotatable bonds is 10. The van der Waals surface area contributed by atoms with Crippen LogP contribution in [0, 0.1) is 0 Å². The summed E-state index contributed by atoms with van der Waals surface area (Å²) in [5, 5.41) is 3.37.